The van der Waals surface area contributed by atoms with E-state index in [0.717, 1.165) is 41.5 Å². The van der Waals surface area contributed by atoms with E-state index in [2.05, 4.69) is 10.7 Å². The third-order valence-electron chi connectivity index (χ3n) is 6.76. The molecule has 8 heteroatoms. The Morgan fingerprint density at radius 2 is 1.56 bits per heavy atom. The molecule has 1 fully saturated rings. The zero-order valence-electron chi connectivity index (χ0n) is 19.5. The van der Waals surface area contributed by atoms with Crippen LogP contribution in [0.2, 0.25) is 0 Å². The van der Waals surface area contributed by atoms with Crippen LogP contribution in [0, 0.1) is 0 Å². The number of ether oxygens (including phenoxy) is 1. The van der Waals surface area contributed by atoms with E-state index >= 15 is 0 Å². The van der Waals surface area contributed by atoms with Crippen molar-refractivity contribution in [2.45, 2.75) is 63.6 Å². The first-order chi connectivity index (χ1) is 16.3. The Bertz CT molecular complexity index is 1020. The maximum Gasteiger partial charge on any atom is 0.407 e. The minimum Gasteiger partial charge on any atom is -0.481 e. The van der Waals surface area contributed by atoms with Gasteiger partial charge < -0.3 is 15.2 Å². The van der Waals surface area contributed by atoms with Gasteiger partial charge in [0.2, 0.25) is 0 Å². The van der Waals surface area contributed by atoms with Gasteiger partial charge in [-0.3, -0.25) is 15.0 Å². The number of carboxylic acids is 1. The van der Waals surface area contributed by atoms with Gasteiger partial charge in [0.1, 0.15) is 12.6 Å². The van der Waals surface area contributed by atoms with Gasteiger partial charge >= 0.3 is 12.1 Å². The van der Waals surface area contributed by atoms with Gasteiger partial charge in [-0.2, -0.15) is 0 Å². The summed E-state index contributed by atoms with van der Waals surface area (Å²) in [5.41, 5.74) is 7.18. The molecule has 2 amide bonds. The Labute approximate surface area is 199 Å². The molecule has 1 aliphatic carbocycles. The summed E-state index contributed by atoms with van der Waals surface area (Å²) in [6, 6.07) is 15.0. The molecule has 0 bridgehead atoms. The summed E-state index contributed by atoms with van der Waals surface area (Å²) >= 11 is 0. The molecule has 0 saturated carbocycles. The normalized spacial score (nSPS) is 20.6. The SMILES string of the molecule is CC1CCCC(C)N1NC(=O)C(CC(=O)O)NC(=O)OCC1c2ccccc2-c2ccccc21. The van der Waals surface area contributed by atoms with Gasteiger partial charge in [-0.25, -0.2) is 9.80 Å². The number of hydrazine groups is 1. The predicted molar refractivity (Wildman–Crippen MR) is 127 cm³/mol. The van der Waals surface area contributed by atoms with Crippen molar-refractivity contribution >= 4 is 18.0 Å². The van der Waals surface area contributed by atoms with Crippen LogP contribution in [0.15, 0.2) is 48.5 Å². The van der Waals surface area contributed by atoms with E-state index in [0.29, 0.717) is 0 Å². The molecule has 1 saturated heterocycles. The first kappa shape index (κ1) is 23.8. The molecule has 1 heterocycles. The summed E-state index contributed by atoms with van der Waals surface area (Å²) in [7, 11) is 0. The maximum absolute atomic E-state index is 12.9. The molecule has 180 valence electrons. The Morgan fingerprint density at radius 1 is 1.00 bits per heavy atom. The minimum atomic E-state index is -1.24. The lowest BCUT2D eigenvalue weighted by Gasteiger charge is -2.39. The lowest BCUT2D eigenvalue weighted by molar-refractivity contribution is -0.141. The van der Waals surface area contributed by atoms with Crippen LogP contribution in [0.5, 0.6) is 0 Å². The van der Waals surface area contributed by atoms with Crippen molar-refractivity contribution in [3.63, 3.8) is 0 Å². The van der Waals surface area contributed by atoms with Gasteiger partial charge in [-0.15, -0.1) is 0 Å². The minimum absolute atomic E-state index is 0.0848. The molecule has 3 unspecified atom stereocenters. The van der Waals surface area contributed by atoms with Crippen LogP contribution in [0.3, 0.4) is 0 Å². The number of hydrogen-bond donors (Lipinski definition) is 3. The number of nitrogens with zero attached hydrogens (tertiary/aromatic N) is 1. The van der Waals surface area contributed by atoms with Crippen LogP contribution in [0.1, 0.15) is 56.6 Å². The number of carboxylic acid groups (broad SMARTS) is 1. The van der Waals surface area contributed by atoms with Crippen LogP contribution in [-0.2, 0) is 14.3 Å². The lowest BCUT2D eigenvalue weighted by atomic mass is 9.98. The number of carbonyl (C=O) groups is 3. The fourth-order valence-corrected chi connectivity index (χ4v) is 5.01. The third-order valence-corrected chi connectivity index (χ3v) is 6.76. The van der Waals surface area contributed by atoms with Crippen LogP contribution < -0.4 is 10.7 Å². The number of carbonyl (C=O) groups excluding carboxylic acids is 2. The Morgan fingerprint density at radius 3 is 2.12 bits per heavy atom. The average molecular weight is 466 g/mol. The van der Waals surface area contributed by atoms with Crippen molar-refractivity contribution in [2.75, 3.05) is 6.61 Å². The second kappa shape index (κ2) is 10.3. The summed E-state index contributed by atoms with van der Waals surface area (Å²) in [4.78, 5) is 36.9. The summed E-state index contributed by atoms with van der Waals surface area (Å²) in [6.45, 7) is 4.11. The third kappa shape index (κ3) is 5.07. The number of alkyl carbamates (subject to hydrolysis) is 1. The summed E-state index contributed by atoms with van der Waals surface area (Å²) in [5, 5.41) is 13.6. The van der Waals surface area contributed by atoms with Gasteiger partial charge in [-0.1, -0.05) is 55.0 Å². The number of hydrogen-bond acceptors (Lipinski definition) is 5. The summed E-state index contributed by atoms with van der Waals surface area (Å²) in [5.74, 6) is -1.87. The molecule has 0 spiro atoms. The second-order valence-electron chi connectivity index (χ2n) is 9.13. The number of amides is 2. The Hall–Kier alpha value is -3.39. The molecule has 3 N–H and O–H groups in total. The zero-order valence-corrected chi connectivity index (χ0v) is 19.5. The molecule has 1 aliphatic heterocycles. The smallest absolute Gasteiger partial charge is 0.407 e. The highest BCUT2D eigenvalue weighted by Crippen LogP contribution is 2.44. The molecule has 34 heavy (non-hydrogen) atoms. The predicted octanol–water partition coefficient (Wildman–Crippen LogP) is 3.66. The largest absolute Gasteiger partial charge is 0.481 e. The fourth-order valence-electron chi connectivity index (χ4n) is 5.01. The molecule has 0 radical (unpaired) electrons. The van der Waals surface area contributed by atoms with E-state index in [1.165, 1.54) is 0 Å². The standard InChI is InChI=1S/C26H31N3O5/c1-16-8-7-9-17(2)29(16)28-25(32)23(14-24(30)31)27-26(33)34-15-22-20-12-5-3-10-18(20)19-11-4-6-13-21(19)22/h3-6,10-13,16-17,22-23H,7-9,14-15H2,1-2H3,(H,27,33)(H,28,32)(H,30,31). The number of fused-ring (bicyclic) bond motifs is 3. The number of piperidine rings is 1. The number of rotatable bonds is 7. The molecule has 8 nitrogen and oxygen atoms in total. The van der Waals surface area contributed by atoms with E-state index in [-0.39, 0.29) is 24.6 Å². The quantitative estimate of drug-likeness (QED) is 0.576. The molecule has 0 aromatic heterocycles. The number of aliphatic carboxylic acids is 1. The van der Waals surface area contributed by atoms with E-state index in [1.807, 2.05) is 67.4 Å². The molecule has 2 aromatic carbocycles. The monoisotopic (exact) mass is 465 g/mol. The summed E-state index contributed by atoms with van der Waals surface area (Å²) in [6.07, 6.45) is 1.60. The zero-order chi connectivity index (χ0) is 24.2. The van der Waals surface area contributed by atoms with Gasteiger partial charge in [0.25, 0.3) is 5.91 Å². The Balaban J connectivity index is 1.41. The number of benzene rings is 2. The van der Waals surface area contributed by atoms with Crippen LogP contribution >= 0.6 is 0 Å². The topological polar surface area (TPSA) is 108 Å². The van der Waals surface area contributed by atoms with Gasteiger partial charge in [0, 0.05) is 18.0 Å². The average Bonchev–Trinajstić information content (AvgIpc) is 3.13. The van der Waals surface area contributed by atoms with Crippen molar-refractivity contribution in [2.24, 2.45) is 0 Å². The maximum atomic E-state index is 12.9. The second-order valence-corrected chi connectivity index (χ2v) is 9.13. The molecule has 4 rings (SSSR count). The van der Waals surface area contributed by atoms with Gasteiger partial charge in [0.05, 0.1) is 6.42 Å². The highest BCUT2D eigenvalue weighted by Gasteiger charge is 2.32. The van der Waals surface area contributed by atoms with Crippen molar-refractivity contribution in [1.29, 1.82) is 0 Å². The lowest BCUT2D eigenvalue weighted by Crippen LogP contribution is -2.59. The molecule has 3 atom stereocenters. The Kier molecular flexibility index (Phi) is 7.17. The van der Waals surface area contributed by atoms with E-state index in [9.17, 15) is 19.5 Å². The van der Waals surface area contributed by atoms with Crippen LogP contribution in [0.25, 0.3) is 11.1 Å². The van der Waals surface area contributed by atoms with Crippen molar-refractivity contribution in [1.82, 2.24) is 15.8 Å². The first-order valence-electron chi connectivity index (χ1n) is 11.8. The molecule has 2 aromatic rings. The van der Waals surface area contributed by atoms with Gasteiger partial charge in [0.15, 0.2) is 0 Å². The van der Waals surface area contributed by atoms with Crippen molar-refractivity contribution in [3.05, 3.63) is 59.7 Å². The number of nitrogens with one attached hydrogen (secondary N) is 2. The van der Waals surface area contributed by atoms with E-state index in [4.69, 9.17) is 4.74 Å². The molecule has 2 aliphatic rings. The van der Waals surface area contributed by atoms with Crippen LogP contribution in [-0.4, -0.2) is 52.8 Å². The van der Waals surface area contributed by atoms with E-state index in [1.54, 1.807) is 0 Å². The first-order valence-corrected chi connectivity index (χ1v) is 11.8. The van der Waals surface area contributed by atoms with Crippen molar-refractivity contribution < 1.29 is 24.2 Å². The highest BCUT2D eigenvalue weighted by atomic mass is 16.5. The fraction of sp³-hybridized carbons (Fsp3) is 0.423. The molecular weight excluding hydrogens is 434 g/mol. The summed E-state index contributed by atoms with van der Waals surface area (Å²) < 4.78 is 5.50. The van der Waals surface area contributed by atoms with Crippen molar-refractivity contribution in [3.8, 4) is 11.1 Å². The highest BCUT2D eigenvalue weighted by molar-refractivity contribution is 5.89. The molecular formula is C26H31N3O5. The van der Waals surface area contributed by atoms with Crippen LogP contribution in [0.4, 0.5) is 4.79 Å². The van der Waals surface area contributed by atoms with E-state index < -0.39 is 30.4 Å². The van der Waals surface area contributed by atoms with Gasteiger partial charge in [-0.05, 0) is 48.9 Å².